The lowest BCUT2D eigenvalue weighted by Crippen LogP contribution is -2.25. The first kappa shape index (κ1) is 17.8. The fourth-order valence-corrected chi connectivity index (χ4v) is 2.93. The van der Waals surface area contributed by atoms with Crippen molar-refractivity contribution in [2.75, 3.05) is 20.3 Å². The van der Waals surface area contributed by atoms with E-state index in [9.17, 15) is 4.39 Å². The Bertz CT molecular complexity index is 716. The number of hydrogen-bond acceptors (Lipinski definition) is 3. The van der Waals surface area contributed by atoms with Gasteiger partial charge in [0.05, 0.1) is 19.8 Å². The molecule has 0 radical (unpaired) electrons. The lowest BCUT2D eigenvalue weighted by Gasteiger charge is -2.28. The molecule has 3 nitrogen and oxygen atoms in total. The zero-order valence-electron chi connectivity index (χ0n) is 14.6. The van der Waals surface area contributed by atoms with E-state index in [1.54, 1.807) is 19.2 Å². The van der Waals surface area contributed by atoms with Crippen LogP contribution in [0.25, 0.3) is 11.1 Å². The summed E-state index contributed by atoms with van der Waals surface area (Å²) in [5, 5.41) is 0. The van der Waals surface area contributed by atoms with Crippen LogP contribution in [-0.2, 0) is 20.8 Å². The van der Waals surface area contributed by atoms with Gasteiger partial charge in [0.25, 0.3) is 0 Å². The van der Waals surface area contributed by atoms with Crippen LogP contribution in [0.1, 0.15) is 24.3 Å². The van der Waals surface area contributed by atoms with Gasteiger partial charge in [-0.1, -0.05) is 48.6 Å². The summed E-state index contributed by atoms with van der Waals surface area (Å²) in [6.45, 7) is 3.58. The van der Waals surface area contributed by atoms with Gasteiger partial charge in [0, 0.05) is 24.2 Å². The molecule has 0 aliphatic carbocycles. The average molecular weight is 342 g/mol. The van der Waals surface area contributed by atoms with Crippen molar-refractivity contribution in [3.05, 3.63) is 71.6 Å². The van der Waals surface area contributed by atoms with Crippen LogP contribution in [0.5, 0.6) is 0 Å². The van der Waals surface area contributed by atoms with Gasteiger partial charge in [-0.05, 0) is 24.1 Å². The second-order valence-electron chi connectivity index (χ2n) is 6.15. The summed E-state index contributed by atoms with van der Waals surface area (Å²) >= 11 is 0. The molecule has 3 rings (SSSR count). The van der Waals surface area contributed by atoms with Gasteiger partial charge >= 0.3 is 0 Å². The summed E-state index contributed by atoms with van der Waals surface area (Å²) in [5.74, 6) is 0.0616. The molecule has 2 aromatic rings. The summed E-state index contributed by atoms with van der Waals surface area (Å²) in [4.78, 5) is 0. The van der Waals surface area contributed by atoms with E-state index in [0.717, 1.165) is 16.7 Å². The highest BCUT2D eigenvalue weighted by atomic mass is 19.1. The topological polar surface area (TPSA) is 27.7 Å². The third kappa shape index (κ3) is 4.34. The van der Waals surface area contributed by atoms with Gasteiger partial charge < -0.3 is 14.2 Å². The Morgan fingerprint density at radius 3 is 2.36 bits per heavy atom. The summed E-state index contributed by atoms with van der Waals surface area (Å²) in [6, 6.07) is 13.1. The molecule has 0 unspecified atom stereocenters. The standard InChI is InChI=1S/C21H23FO3/c1-3-4-15-12-24-21(25-13-15)17-7-5-16(6-8-17)18-9-10-19(14-23-2)20(22)11-18/h3-11,15,21H,12-14H2,1-2H3/b4-3+. The summed E-state index contributed by atoms with van der Waals surface area (Å²) in [7, 11) is 1.56. The third-order valence-corrected chi connectivity index (χ3v) is 4.26. The van der Waals surface area contributed by atoms with Crippen molar-refractivity contribution in [2.45, 2.75) is 19.8 Å². The zero-order chi connectivity index (χ0) is 17.6. The van der Waals surface area contributed by atoms with Gasteiger partial charge in [-0.15, -0.1) is 0 Å². The molecule has 0 saturated carbocycles. The van der Waals surface area contributed by atoms with Crippen LogP contribution in [0.2, 0.25) is 0 Å². The fraction of sp³-hybridized carbons (Fsp3) is 0.333. The molecule has 0 spiro atoms. The van der Waals surface area contributed by atoms with Crippen LogP contribution in [-0.4, -0.2) is 20.3 Å². The van der Waals surface area contributed by atoms with Crippen LogP contribution in [0, 0.1) is 11.7 Å². The first-order chi connectivity index (χ1) is 12.2. The zero-order valence-corrected chi connectivity index (χ0v) is 14.6. The van der Waals surface area contributed by atoms with Gasteiger partial charge in [0.2, 0.25) is 0 Å². The highest BCUT2D eigenvalue weighted by molar-refractivity contribution is 5.64. The van der Waals surface area contributed by atoms with Crippen molar-refractivity contribution in [3.8, 4) is 11.1 Å². The Kier molecular flexibility index (Phi) is 5.97. The average Bonchev–Trinajstić information content (AvgIpc) is 2.65. The van der Waals surface area contributed by atoms with E-state index in [-0.39, 0.29) is 18.7 Å². The number of halogens is 1. The van der Waals surface area contributed by atoms with Crippen molar-refractivity contribution in [2.24, 2.45) is 5.92 Å². The van der Waals surface area contributed by atoms with Gasteiger partial charge in [0.15, 0.2) is 6.29 Å². The predicted octanol–water partition coefficient (Wildman–Crippen LogP) is 4.88. The number of rotatable bonds is 5. The SMILES string of the molecule is C/C=C/C1COC(c2ccc(-c3ccc(COC)c(F)c3)cc2)OC1. The summed E-state index contributed by atoms with van der Waals surface area (Å²) in [5.41, 5.74) is 3.32. The minimum atomic E-state index is -0.337. The van der Waals surface area contributed by atoms with Crippen LogP contribution in [0.4, 0.5) is 4.39 Å². The fourth-order valence-electron chi connectivity index (χ4n) is 2.93. The molecule has 0 aromatic heterocycles. The van der Waals surface area contributed by atoms with Crippen molar-refractivity contribution < 1.29 is 18.6 Å². The number of benzene rings is 2. The van der Waals surface area contributed by atoms with Crippen LogP contribution < -0.4 is 0 Å². The Labute approximate surface area is 148 Å². The van der Waals surface area contributed by atoms with Crippen LogP contribution in [0.15, 0.2) is 54.6 Å². The number of ether oxygens (including phenoxy) is 3. The quantitative estimate of drug-likeness (QED) is 0.725. The van der Waals surface area contributed by atoms with E-state index in [0.29, 0.717) is 24.7 Å². The maximum Gasteiger partial charge on any atom is 0.183 e. The molecule has 0 amide bonds. The normalized spacial score (nSPS) is 20.9. The van der Waals surface area contributed by atoms with E-state index in [2.05, 4.69) is 6.08 Å². The number of allylic oxidation sites excluding steroid dienone is 1. The van der Waals surface area contributed by atoms with Crippen molar-refractivity contribution in [1.82, 2.24) is 0 Å². The monoisotopic (exact) mass is 342 g/mol. The number of hydrogen-bond donors (Lipinski definition) is 0. The molecule has 25 heavy (non-hydrogen) atoms. The van der Waals surface area contributed by atoms with E-state index in [1.165, 1.54) is 0 Å². The molecule has 1 aliphatic rings. The summed E-state index contributed by atoms with van der Waals surface area (Å²) < 4.78 is 30.6. The first-order valence-electron chi connectivity index (χ1n) is 8.45. The smallest absolute Gasteiger partial charge is 0.183 e. The van der Waals surface area contributed by atoms with Gasteiger partial charge in [0.1, 0.15) is 5.82 Å². The lowest BCUT2D eigenvalue weighted by atomic mass is 10.0. The third-order valence-electron chi connectivity index (χ3n) is 4.26. The Hall–Kier alpha value is -2.01. The maximum atomic E-state index is 14.1. The molecule has 1 aliphatic heterocycles. The molecule has 132 valence electrons. The maximum absolute atomic E-state index is 14.1. The molecule has 4 heteroatoms. The molecular weight excluding hydrogens is 319 g/mol. The van der Waals surface area contributed by atoms with Gasteiger partial charge in [-0.25, -0.2) is 4.39 Å². The highest BCUT2D eigenvalue weighted by Gasteiger charge is 2.21. The lowest BCUT2D eigenvalue weighted by molar-refractivity contribution is -0.197. The molecule has 0 N–H and O–H groups in total. The molecule has 1 saturated heterocycles. The van der Waals surface area contributed by atoms with E-state index in [4.69, 9.17) is 14.2 Å². The second kappa shape index (κ2) is 8.39. The van der Waals surface area contributed by atoms with Crippen molar-refractivity contribution >= 4 is 0 Å². The molecule has 1 fully saturated rings. The molecule has 0 atom stereocenters. The van der Waals surface area contributed by atoms with Crippen LogP contribution >= 0.6 is 0 Å². The Morgan fingerprint density at radius 2 is 1.76 bits per heavy atom. The minimum absolute atomic E-state index is 0.252. The summed E-state index contributed by atoms with van der Waals surface area (Å²) in [6.07, 6.45) is 3.78. The van der Waals surface area contributed by atoms with Crippen molar-refractivity contribution in [1.29, 1.82) is 0 Å². The molecular formula is C21H23FO3. The van der Waals surface area contributed by atoms with E-state index < -0.39 is 0 Å². The molecule has 0 bridgehead atoms. The Morgan fingerprint density at radius 1 is 1.08 bits per heavy atom. The van der Waals surface area contributed by atoms with E-state index >= 15 is 0 Å². The van der Waals surface area contributed by atoms with E-state index in [1.807, 2.05) is 43.3 Å². The van der Waals surface area contributed by atoms with Gasteiger partial charge in [-0.3, -0.25) is 0 Å². The highest BCUT2D eigenvalue weighted by Crippen LogP contribution is 2.28. The minimum Gasteiger partial charge on any atom is -0.380 e. The largest absolute Gasteiger partial charge is 0.380 e. The number of methoxy groups -OCH3 is 1. The van der Waals surface area contributed by atoms with Crippen LogP contribution in [0.3, 0.4) is 0 Å². The van der Waals surface area contributed by atoms with Gasteiger partial charge in [-0.2, -0.15) is 0 Å². The Balaban J connectivity index is 1.69. The molecule has 1 heterocycles. The van der Waals surface area contributed by atoms with Crippen molar-refractivity contribution in [3.63, 3.8) is 0 Å². The first-order valence-corrected chi connectivity index (χ1v) is 8.45. The molecule has 2 aromatic carbocycles. The second-order valence-corrected chi connectivity index (χ2v) is 6.15. The predicted molar refractivity (Wildman–Crippen MR) is 95.5 cm³/mol.